The molecule has 1 aliphatic rings. The Bertz CT molecular complexity index is 314. The lowest BCUT2D eigenvalue weighted by Gasteiger charge is -2.17. The van der Waals surface area contributed by atoms with Crippen LogP contribution in [0.4, 0.5) is 5.95 Å². The Morgan fingerprint density at radius 3 is 2.60 bits per heavy atom. The van der Waals surface area contributed by atoms with Gasteiger partial charge in [-0.2, -0.15) is 0 Å². The van der Waals surface area contributed by atoms with E-state index in [2.05, 4.69) is 26.6 Å². The molecule has 5 nitrogen and oxygen atoms in total. The smallest absolute Gasteiger partial charge is 0.227 e. The van der Waals surface area contributed by atoms with Crippen molar-refractivity contribution in [3.63, 3.8) is 0 Å². The van der Waals surface area contributed by atoms with E-state index >= 15 is 0 Å². The summed E-state index contributed by atoms with van der Waals surface area (Å²) in [6.45, 7) is 5.91. The van der Waals surface area contributed by atoms with Crippen LogP contribution in [0.2, 0.25) is 0 Å². The highest BCUT2D eigenvalue weighted by atomic mass is 15.4. The largest absolute Gasteiger partial charge is 0.341 e. The number of anilines is 1. The van der Waals surface area contributed by atoms with E-state index in [0.717, 1.165) is 37.8 Å². The number of rotatable bonds is 4. The zero-order valence-electron chi connectivity index (χ0n) is 9.32. The molecule has 0 amide bonds. The molecular weight excluding hydrogens is 190 g/mol. The van der Waals surface area contributed by atoms with Gasteiger partial charge in [-0.15, -0.1) is 10.2 Å². The van der Waals surface area contributed by atoms with E-state index in [1.807, 2.05) is 0 Å². The third-order valence-electron chi connectivity index (χ3n) is 2.88. The van der Waals surface area contributed by atoms with Gasteiger partial charge in [-0.05, 0) is 26.3 Å². The van der Waals surface area contributed by atoms with E-state index in [-0.39, 0.29) is 0 Å². The Morgan fingerprint density at radius 2 is 2.00 bits per heavy atom. The molecule has 0 spiro atoms. The molecule has 0 bridgehead atoms. The summed E-state index contributed by atoms with van der Waals surface area (Å²) in [5, 5.41) is 8.48. The number of nitrogens with zero attached hydrogens (tertiary/aromatic N) is 4. The van der Waals surface area contributed by atoms with Crippen LogP contribution in [0.25, 0.3) is 0 Å². The van der Waals surface area contributed by atoms with Crippen molar-refractivity contribution in [2.45, 2.75) is 32.7 Å². The van der Waals surface area contributed by atoms with E-state index < -0.39 is 0 Å². The van der Waals surface area contributed by atoms with Crippen LogP contribution in [-0.4, -0.2) is 34.4 Å². The zero-order valence-corrected chi connectivity index (χ0v) is 9.32. The highest BCUT2D eigenvalue weighted by Crippen LogP contribution is 2.18. The van der Waals surface area contributed by atoms with Gasteiger partial charge in [0.15, 0.2) is 0 Å². The zero-order chi connectivity index (χ0) is 10.7. The van der Waals surface area contributed by atoms with Crippen molar-refractivity contribution in [1.29, 1.82) is 0 Å². The van der Waals surface area contributed by atoms with Crippen LogP contribution in [0.15, 0.2) is 0 Å². The van der Waals surface area contributed by atoms with E-state index in [1.54, 1.807) is 0 Å². The first-order chi connectivity index (χ1) is 7.36. The van der Waals surface area contributed by atoms with Crippen LogP contribution in [0.3, 0.4) is 0 Å². The summed E-state index contributed by atoms with van der Waals surface area (Å²) in [5.74, 6) is 2.04. The second kappa shape index (κ2) is 4.61. The van der Waals surface area contributed by atoms with Crippen molar-refractivity contribution >= 4 is 5.95 Å². The normalized spacial score (nSPS) is 16.3. The number of nitrogens with two attached hydrogens (primary N) is 1. The fraction of sp³-hybridized carbons (Fsp3) is 0.800. The van der Waals surface area contributed by atoms with Gasteiger partial charge in [0.25, 0.3) is 0 Å². The number of aromatic nitrogens is 3. The third-order valence-corrected chi connectivity index (χ3v) is 2.88. The third kappa shape index (κ3) is 1.97. The number of hydrogen-bond donors (Lipinski definition) is 1. The van der Waals surface area contributed by atoms with Crippen LogP contribution in [0.1, 0.15) is 25.6 Å². The SMILES string of the molecule is CCn1c(CCN)nnc1N1CCCC1. The Kier molecular flexibility index (Phi) is 3.20. The standard InChI is InChI=1S/C10H19N5/c1-2-15-9(5-6-11)12-13-10(15)14-7-3-4-8-14/h2-8,11H2,1H3. The van der Waals surface area contributed by atoms with Crippen LogP contribution in [0.5, 0.6) is 0 Å². The second-order valence-electron chi connectivity index (χ2n) is 3.89. The minimum Gasteiger partial charge on any atom is -0.341 e. The lowest BCUT2D eigenvalue weighted by molar-refractivity contribution is 0.680. The summed E-state index contributed by atoms with van der Waals surface area (Å²) in [5.41, 5.74) is 5.55. The van der Waals surface area contributed by atoms with Gasteiger partial charge in [0.2, 0.25) is 5.95 Å². The molecule has 0 aliphatic carbocycles. The van der Waals surface area contributed by atoms with Crippen LogP contribution < -0.4 is 10.6 Å². The monoisotopic (exact) mass is 209 g/mol. The van der Waals surface area contributed by atoms with Gasteiger partial charge in [0.05, 0.1) is 0 Å². The minimum atomic E-state index is 0.637. The molecule has 2 rings (SSSR count). The van der Waals surface area contributed by atoms with Crippen molar-refractivity contribution in [3.8, 4) is 0 Å². The van der Waals surface area contributed by atoms with Gasteiger partial charge in [-0.25, -0.2) is 0 Å². The molecule has 1 saturated heterocycles. The quantitative estimate of drug-likeness (QED) is 0.779. The maximum absolute atomic E-state index is 5.55. The van der Waals surface area contributed by atoms with Crippen LogP contribution in [0, 0.1) is 0 Å². The molecule has 2 heterocycles. The van der Waals surface area contributed by atoms with E-state index in [4.69, 9.17) is 5.73 Å². The van der Waals surface area contributed by atoms with E-state index in [9.17, 15) is 0 Å². The summed E-state index contributed by atoms with van der Waals surface area (Å²) >= 11 is 0. The van der Waals surface area contributed by atoms with Gasteiger partial charge in [-0.3, -0.25) is 4.57 Å². The molecule has 1 aromatic rings. The van der Waals surface area contributed by atoms with Crippen LogP contribution >= 0.6 is 0 Å². The highest BCUT2D eigenvalue weighted by molar-refractivity contribution is 5.32. The molecule has 1 aromatic heterocycles. The molecular formula is C10H19N5. The van der Waals surface area contributed by atoms with E-state index in [0.29, 0.717) is 6.54 Å². The van der Waals surface area contributed by atoms with Gasteiger partial charge in [0, 0.05) is 26.1 Å². The Hall–Kier alpha value is -1.10. The second-order valence-corrected chi connectivity index (χ2v) is 3.89. The van der Waals surface area contributed by atoms with Crippen molar-refractivity contribution < 1.29 is 0 Å². The Labute approximate surface area is 90.3 Å². The first kappa shape index (κ1) is 10.4. The molecule has 0 aromatic carbocycles. The summed E-state index contributed by atoms with van der Waals surface area (Å²) in [6.07, 6.45) is 3.35. The molecule has 5 heteroatoms. The molecule has 15 heavy (non-hydrogen) atoms. The average molecular weight is 209 g/mol. The predicted molar refractivity (Wildman–Crippen MR) is 59.9 cm³/mol. The minimum absolute atomic E-state index is 0.637. The molecule has 0 radical (unpaired) electrons. The van der Waals surface area contributed by atoms with Crippen molar-refractivity contribution in [2.24, 2.45) is 5.73 Å². The Morgan fingerprint density at radius 1 is 1.27 bits per heavy atom. The fourth-order valence-corrected chi connectivity index (χ4v) is 2.11. The molecule has 2 N–H and O–H groups in total. The lowest BCUT2D eigenvalue weighted by Crippen LogP contribution is -2.22. The van der Waals surface area contributed by atoms with Crippen molar-refractivity contribution in [1.82, 2.24) is 14.8 Å². The molecule has 84 valence electrons. The molecule has 0 atom stereocenters. The molecule has 1 aliphatic heterocycles. The molecule has 0 unspecified atom stereocenters. The van der Waals surface area contributed by atoms with Crippen molar-refractivity contribution in [2.75, 3.05) is 24.5 Å². The fourth-order valence-electron chi connectivity index (χ4n) is 2.11. The maximum Gasteiger partial charge on any atom is 0.227 e. The van der Waals surface area contributed by atoms with Gasteiger partial charge in [0.1, 0.15) is 5.82 Å². The lowest BCUT2D eigenvalue weighted by atomic mass is 10.4. The van der Waals surface area contributed by atoms with Gasteiger partial charge in [-0.1, -0.05) is 0 Å². The summed E-state index contributed by atoms with van der Waals surface area (Å²) in [7, 11) is 0. The predicted octanol–water partition coefficient (Wildman–Crippen LogP) is 0.399. The first-order valence-corrected chi connectivity index (χ1v) is 5.74. The van der Waals surface area contributed by atoms with Crippen molar-refractivity contribution in [3.05, 3.63) is 5.82 Å². The summed E-state index contributed by atoms with van der Waals surface area (Å²) < 4.78 is 2.18. The highest BCUT2D eigenvalue weighted by Gasteiger charge is 2.19. The van der Waals surface area contributed by atoms with E-state index in [1.165, 1.54) is 12.8 Å². The van der Waals surface area contributed by atoms with Crippen LogP contribution in [-0.2, 0) is 13.0 Å². The maximum atomic E-state index is 5.55. The average Bonchev–Trinajstić information content (AvgIpc) is 2.85. The summed E-state index contributed by atoms with van der Waals surface area (Å²) in [6, 6.07) is 0. The topological polar surface area (TPSA) is 60.0 Å². The summed E-state index contributed by atoms with van der Waals surface area (Å²) in [4.78, 5) is 2.32. The van der Waals surface area contributed by atoms with Gasteiger partial charge < -0.3 is 10.6 Å². The van der Waals surface area contributed by atoms with Gasteiger partial charge >= 0.3 is 0 Å². The molecule has 1 fully saturated rings. The Balaban J connectivity index is 2.22. The number of hydrogen-bond acceptors (Lipinski definition) is 4. The molecule has 0 saturated carbocycles. The first-order valence-electron chi connectivity index (χ1n) is 5.74.